The van der Waals surface area contributed by atoms with Crippen molar-refractivity contribution in [3.05, 3.63) is 42.6 Å². The highest BCUT2D eigenvalue weighted by Gasteiger charge is 2.47. The van der Waals surface area contributed by atoms with Gasteiger partial charge in [0.25, 0.3) is 17.4 Å². The van der Waals surface area contributed by atoms with Crippen molar-refractivity contribution in [1.82, 2.24) is 4.98 Å². The summed E-state index contributed by atoms with van der Waals surface area (Å²) in [5.74, 6) is 0.164. The number of carbonyl (C=O) groups is 2. The van der Waals surface area contributed by atoms with E-state index in [4.69, 9.17) is 9.47 Å². The van der Waals surface area contributed by atoms with Crippen molar-refractivity contribution in [2.45, 2.75) is 12.5 Å². The zero-order valence-corrected chi connectivity index (χ0v) is 12.6. The molecular formula is C16H15N3O4. The second kappa shape index (κ2) is 5.60. The van der Waals surface area contributed by atoms with Gasteiger partial charge in [-0.3, -0.25) is 9.59 Å². The molecule has 1 aromatic heterocycles. The maximum absolute atomic E-state index is 12.5. The molecule has 0 radical (unpaired) electrons. The summed E-state index contributed by atoms with van der Waals surface area (Å²) < 4.78 is 10.7. The van der Waals surface area contributed by atoms with Crippen LogP contribution in [-0.2, 0) is 9.59 Å². The number of amides is 2. The maximum atomic E-state index is 12.5. The second-order valence-corrected chi connectivity index (χ2v) is 5.12. The fraction of sp³-hybridized carbons (Fsp3) is 0.188. The van der Waals surface area contributed by atoms with Gasteiger partial charge in [-0.1, -0.05) is 0 Å². The molecule has 7 heteroatoms. The molecule has 2 aromatic rings. The number of rotatable bonds is 3. The van der Waals surface area contributed by atoms with E-state index in [1.807, 2.05) is 0 Å². The number of fused-ring (bicyclic) bond motifs is 1. The highest BCUT2D eigenvalue weighted by Crippen LogP contribution is 2.32. The molecule has 0 bridgehead atoms. The molecule has 2 heterocycles. The Kier molecular flexibility index (Phi) is 3.61. The third kappa shape index (κ3) is 2.68. The minimum Gasteiger partial charge on any atom is -0.497 e. The SMILES string of the molecule is COc1ccc(NC(=O)[C@@]2(C)Oc3cccnc3NC2=O)cc1. The molecule has 0 saturated carbocycles. The zero-order valence-electron chi connectivity index (χ0n) is 12.6. The van der Waals surface area contributed by atoms with Crippen LogP contribution in [0.25, 0.3) is 0 Å². The normalized spacial score (nSPS) is 19.1. The van der Waals surface area contributed by atoms with Crippen molar-refractivity contribution in [3.8, 4) is 11.5 Å². The smallest absolute Gasteiger partial charge is 0.279 e. The number of anilines is 2. The van der Waals surface area contributed by atoms with E-state index in [2.05, 4.69) is 15.6 Å². The standard InChI is InChI=1S/C16H15N3O4/c1-16(14(20)18-10-5-7-11(22-2)8-6-10)15(21)19-13-12(23-16)4-3-9-17-13/h3-9H,1-2H3,(H,18,20)(H,17,19,21)/t16-/m1/s1. The molecule has 1 aliphatic rings. The van der Waals surface area contributed by atoms with Crippen LogP contribution < -0.4 is 20.1 Å². The Bertz CT molecular complexity index is 760. The molecule has 1 atom stereocenters. The number of aromatic nitrogens is 1. The van der Waals surface area contributed by atoms with E-state index in [0.29, 0.717) is 23.0 Å². The van der Waals surface area contributed by atoms with Crippen LogP contribution in [0.15, 0.2) is 42.6 Å². The van der Waals surface area contributed by atoms with Gasteiger partial charge in [-0.2, -0.15) is 0 Å². The Morgan fingerprint density at radius 2 is 2.04 bits per heavy atom. The van der Waals surface area contributed by atoms with Gasteiger partial charge in [0.15, 0.2) is 11.6 Å². The Morgan fingerprint density at radius 1 is 1.30 bits per heavy atom. The van der Waals surface area contributed by atoms with Crippen LogP contribution in [0.1, 0.15) is 6.92 Å². The van der Waals surface area contributed by atoms with Gasteiger partial charge in [0.1, 0.15) is 5.75 Å². The maximum Gasteiger partial charge on any atom is 0.279 e. The van der Waals surface area contributed by atoms with E-state index in [9.17, 15) is 9.59 Å². The van der Waals surface area contributed by atoms with Crippen molar-refractivity contribution < 1.29 is 19.1 Å². The molecule has 23 heavy (non-hydrogen) atoms. The molecule has 3 rings (SSSR count). The highest BCUT2D eigenvalue weighted by molar-refractivity contribution is 6.18. The Morgan fingerprint density at radius 3 is 2.74 bits per heavy atom. The molecular weight excluding hydrogens is 298 g/mol. The molecule has 2 amide bonds. The monoisotopic (exact) mass is 313 g/mol. The van der Waals surface area contributed by atoms with Crippen LogP contribution in [0.2, 0.25) is 0 Å². The average molecular weight is 313 g/mol. The number of carbonyl (C=O) groups excluding carboxylic acids is 2. The summed E-state index contributed by atoms with van der Waals surface area (Å²) in [6.07, 6.45) is 1.53. The van der Waals surface area contributed by atoms with E-state index in [-0.39, 0.29) is 0 Å². The van der Waals surface area contributed by atoms with E-state index in [1.165, 1.54) is 13.1 Å². The Labute approximate surface area is 132 Å². The molecule has 1 aromatic carbocycles. The third-order valence-electron chi connectivity index (χ3n) is 3.53. The van der Waals surface area contributed by atoms with Crippen LogP contribution >= 0.6 is 0 Å². The van der Waals surface area contributed by atoms with E-state index >= 15 is 0 Å². The van der Waals surface area contributed by atoms with Gasteiger partial charge in [-0.25, -0.2) is 4.98 Å². The largest absolute Gasteiger partial charge is 0.497 e. The number of benzene rings is 1. The summed E-state index contributed by atoms with van der Waals surface area (Å²) >= 11 is 0. The molecule has 0 fully saturated rings. The lowest BCUT2D eigenvalue weighted by molar-refractivity contribution is -0.143. The number of pyridine rings is 1. The zero-order chi connectivity index (χ0) is 16.4. The lowest BCUT2D eigenvalue weighted by Crippen LogP contribution is -2.56. The summed E-state index contributed by atoms with van der Waals surface area (Å²) in [6, 6.07) is 10.1. The molecule has 0 aliphatic carbocycles. The minimum absolute atomic E-state index is 0.298. The van der Waals surface area contributed by atoms with E-state index < -0.39 is 17.4 Å². The fourth-order valence-electron chi connectivity index (χ4n) is 2.13. The third-order valence-corrected chi connectivity index (χ3v) is 3.53. The van der Waals surface area contributed by atoms with Crippen molar-refractivity contribution in [1.29, 1.82) is 0 Å². The molecule has 0 unspecified atom stereocenters. The van der Waals surface area contributed by atoms with E-state index in [1.54, 1.807) is 43.5 Å². The van der Waals surface area contributed by atoms with Gasteiger partial charge in [-0.15, -0.1) is 0 Å². The summed E-state index contributed by atoms with van der Waals surface area (Å²) in [5, 5.41) is 5.24. The van der Waals surface area contributed by atoms with Crippen LogP contribution in [0.4, 0.5) is 11.5 Å². The van der Waals surface area contributed by atoms with Crippen LogP contribution in [-0.4, -0.2) is 29.5 Å². The molecule has 0 saturated heterocycles. The number of ether oxygens (including phenoxy) is 2. The predicted molar refractivity (Wildman–Crippen MR) is 83.5 cm³/mol. The molecule has 1 aliphatic heterocycles. The van der Waals surface area contributed by atoms with Gasteiger partial charge < -0.3 is 20.1 Å². The topological polar surface area (TPSA) is 89.6 Å². The number of nitrogens with one attached hydrogen (secondary N) is 2. The summed E-state index contributed by atoms with van der Waals surface area (Å²) in [7, 11) is 1.56. The summed E-state index contributed by atoms with van der Waals surface area (Å²) in [5.41, 5.74) is -1.15. The van der Waals surface area contributed by atoms with Crippen LogP contribution in [0.5, 0.6) is 11.5 Å². The van der Waals surface area contributed by atoms with Gasteiger partial charge in [0.05, 0.1) is 7.11 Å². The molecule has 7 nitrogen and oxygen atoms in total. The van der Waals surface area contributed by atoms with Gasteiger partial charge in [0, 0.05) is 11.9 Å². The van der Waals surface area contributed by atoms with Crippen molar-refractivity contribution in [3.63, 3.8) is 0 Å². The Hall–Kier alpha value is -3.09. The quantitative estimate of drug-likeness (QED) is 0.844. The highest BCUT2D eigenvalue weighted by atomic mass is 16.5. The number of hydrogen-bond donors (Lipinski definition) is 2. The first kappa shape index (κ1) is 14.8. The molecule has 118 valence electrons. The first-order valence-corrected chi connectivity index (χ1v) is 6.94. The van der Waals surface area contributed by atoms with Crippen molar-refractivity contribution in [2.75, 3.05) is 17.7 Å². The Balaban J connectivity index is 1.81. The average Bonchev–Trinajstić information content (AvgIpc) is 2.56. The van der Waals surface area contributed by atoms with Crippen LogP contribution in [0.3, 0.4) is 0 Å². The fourth-order valence-corrected chi connectivity index (χ4v) is 2.13. The second-order valence-electron chi connectivity index (χ2n) is 5.12. The lowest BCUT2D eigenvalue weighted by atomic mass is 10.0. The molecule has 2 N–H and O–H groups in total. The van der Waals surface area contributed by atoms with Gasteiger partial charge >= 0.3 is 0 Å². The first-order valence-electron chi connectivity index (χ1n) is 6.94. The minimum atomic E-state index is -1.68. The molecule has 0 spiro atoms. The van der Waals surface area contributed by atoms with E-state index in [0.717, 1.165) is 0 Å². The summed E-state index contributed by atoms with van der Waals surface area (Å²) in [6.45, 7) is 1.41. The van der Waals surface area contributed by atoms with Crippen molar-refractivity contribution >= 4 is 23.3 Å². The number of methoxy groups -OCH3 is 1. The lowest BCUT2D eigenvalue weighted by Gasteiger charge is -2.32. The number of hydrogen-bond acceptors (Lipinski definition) is 5. The van der Waals surface area contributed by atoms with Gasteiger partial charge in [-0.05, 0) is 43.3 Å². The summed E-state index contributed by atoms with van der Waals surface area (Å²) in [4.78, 5) is 28.8. The number of nitrogens with zero attached hydrogens (tertiary/aromatic N) is 1. The first-order chi connectivity index (χ1) is 11.0. The van der Waals surface area contributed by atoms with Gasteiger partial charge in [0.2, 0.25) is 0 Å². The predicted octanol–water partition coefficient (Wildman–Crippen LogP) is 1.82. The van der Waals surface area contributed by atoms with Crippen LogP contribution in [0, 0.1) is 0 Å². The van der Waals surface area contributed by atoms with Crippen molar-refractivity contribution in [2.24, 2.45) is 0 Å².